The maximum absolute atomic E-state index is 14.0. The van der Waals surface area contributed by atoms with Gasteiger partial charge in [-0.05, 0) is 66.0 Å². The molecule has 8 heteroatoms. The molecule has 0 aromatic heterocycles. The Morgan fingerprint density at radius 1 is 1.21 bits per heavy atom. The second-order valence-electron chi connectivity index (χ2n) is 6.25. The van der Waals surface area contributed by atoms with E-state index >= 15 is 0 Å². The molecule has 2 rings (SSSR count). The van der Waals surface area contributed by atoms with Crippen LogP contribution in [0.2, 0.25) is 0 Å². The second-order valence-corrected chi connectivity index (χ2v) is 9.81. The molecule has 1 aromatic carbocycles. The molecule has 1 fully saturated rings. The van der Waals surface area contributed by atoms with Gasteiger partial charge in [0.2, 0.25) is 0 Å². The van der Waals surface area contributed by atoms with Gasteiger partial charge >= 0.3 is 5.97 Å². The monoisotopic (exact) mass is 532 g/mol. The van der Waals surface area contributed by atoms with E-state index in [4.69, 9.17) is 4.74 Å². The van der Waals surface area contributed by atoms with E-state index in [0.717, 1.165) is 10.3 Å². The first-order valence-electron chi connectivity index (χ1n) is 7.01. The van der Waals surface area contributed by atoms with Crippen LogP contribution < -0.4 is 0 Å². The minimum atomic E-state index is -1.28. The summed E-state index contributed by atoms with van der Waals surface area (Å²) in [6.45, 7) is 4.41. The molecule has 24 heavy (non-hydrogen) atoms. The first kappa shape index (κ1) is 20.0. The maximum Gasteiger partial charge on any atom is 0.310 e. The number of ether oxygens (including phenoxy) is 1. The Balaban J connectivity index is 2.16. The molecule has 0 aliphatic heterocycles. The minimum Gasteiger partial charge on any atom is -0.460 e. The normalized spacial score (nSPS) is 21.4. The lowest BCUT2D eigenvalue weighted by Gasteiger charge is -2.12. The zero-order valence-electron chi connectivity index (χ0n) is 13.0. The topological polar surface area (TPSA) is 26.3 Å². The summed E-state index contributed by atoms with van der Waals surface area (Å²) in [5.41, 5.74) is -1.08. The number of hydrogen-bond acceptors (Lipinski definition) is 2. The van der Waals surface area contributed by atoms with Crippen LogP contribution in [0, 0.1) is 41.6 Å². The number of carbonyl (C=O) groups excluding carboxylic acids is 1. The lowest BCUT2D eigenvalue weighted by Crippen LogP contribution is -2.13. The van der Waals surface area contributed by atoms with Crippen molar-refractivity contribution < 1.29 is 22.7 Å². The fourth-order valence-corrected chi connectivity index (χ4v) is 3.88. The van der Waals surface area contributed by atoms with Crippen LogP contribution in [0.1, 0.15) is 25.0 Å². The van der Waals surface area contributed by atoms with Gasteiger partial charge in [-0.15, -0.1) is 0 Å². The first-order chi connectivity index (χ1) is 11.0. The molecule has 0 radical (unpaired) electrons. The van der Waals surface area contributed by atoms with E-state index in [1.807, 2.05) is 19.9 Å². The fourth-order valence-electron chi connectivity index (χ4n) is 2.72. The van der Waals surface area contributed by atoms with Crippen molar-refractivity contribution in [3.63, 3.8) is 0 Å². The predicted molar refractivity (Wildman–Crippen MR) is 95.2 cm³/mol. The minimum absolute atomic E-state index is 0.0430. The van der Waals surface area contributed by atoms with Crippen molar-refractivity contribution in [1.82, 2.24) is 0 Å². The average molecular weight is 535 g/mol. The van der Waals surface area contributed by atoms with Crippen LogP contribution in [0.25, 0.3) is 0 Å². The van der Waals surface area contributed by atoms with Gasteiger partial charge in [0.05, 0.1) is 13.8 Å². The van der Waals surface area contributed by atoms with E-state index in [9.17, 15) is 18.0 Å². The molecular formula is C16H14Br3F3O2. The summed E-state index contributed by atoms with van der Waals surface area (Å²) in [6, 6.07) is 0. The highest BCUT2D eigenvalue weighted by atomic mass is 79.9. The van der Waals surface area contributed by atoms with Gasteiger partial charge in [-0.2, -0.15) is 0 Å². The number of esters is 1. The number of halogens is 6. The quantitative estimate of drug-likeness (QED) is 0.343. The SMILES string of the molecule is Cc1c(F)c(F)c(COC(=O)[C@@H]2[C@H](C=C(Br)Br)C2(C)C)c(Br)c1F. The molecule has 0 spiro atoms. The summed E-state index contributed by atoms with van der Waals surface area (Å²) in [7, 11) is 0. The molecule has 1 aliphatic rings. The molecule has 0 heterocycles. The number of carbonyl (C=O) groups is 1. The van der Waals surface area contributed by atoms with Crippen molar-refractivity contribution in [1.29, 1.82) is 0 Å². The molecule has 2 atom stereocenters. The summed E-state index contributed by atoms with van der Waals surface area (Å²) in [4.78, 5) is 12.2. The standard InChI is InChI=1S/C16H14Br3F3O2/c1-6-12(20)11(19)7(14(22)13(6)21)5-24-15(23)10-8(4-9(17)18)16(10,2)3/h4,8,10H,5H2,1-3H3/t8-,10-/m0/s1. The van der Waals surface area contributed by atoms with E-state index in [1.54, 1.807) is 0 Å². The molecule has 1 aliphatic carbocycles. The van der Waals surface area contributed by atoms with Crippen LogP contribution in [-0.2, 0) is 16.1 Å². The van der Waals surface area contributed by atoms with Crippen LogP contribution in [0.5, 0.6) is 0 Å². The van der Waals surface area contributed by atoms with Gasteiger partial charge in [-0.3, -0.25) is 4.79 Å². The Bertz CT molecular complexity index is 699. The molecule has 0 unspecified atom stereocenters. The van der Waals surface area contributed by atoms with Crippen LogP contribution in [0.3, 0.4) is 0 Å². The molecule has 1 aromatic rings. The van der Waals surface area contributed by atoms with Crippen molar-refractivity contribution in [3.8, 4) is 0 Å². The van der Waals surface area contributed by atoms with Gasteiger partial charge in [0.15, 0.2) is 11.6 Å². The summed E-state index contributed by atoms with van der Waals surface area (Å²) in [5, 5.41) is 0. The summed E-state index contributed by atoms with van der Waals surface area (Å²) < 4.78 is 47.1. The van der Waals surface area contributed by atoms with Crippen molar-refractivity contribution in [2.75, 3.05) is 0 Å². The zero-order valence-corrected chi connectivity index (χ0v) is 17.8. The Hall–Kier alpha value is -0.340. The molecule has 132 valence electrons. The fraction of sp³-hybridized carbons (Fsp3) is 0.438. The summed E-state index contributed by atoms with van der Waals surface area (Å²) >= 11 is 9.39. The number of rotatable bonds is 4. The lowest BCUT2D eigenvalue weighted by molar-refractivity contribution is -0.147. The maximum atomic E-state index is 14.0. The molecule has 2 nitrogen and oxygen atoms in total. The highest BCUT2D eigenvalue weighted by molar-refractivity contribution is 9.28. The van der Waals surface area contributed by atoms with E-state index < -0.39 is 41.5 Å². The van der Waals surface area contributed by atoms with Crippen molar-refractivity contribution in [3.05, 3.63) is 42.5 Å². The second kappa shape index (κ2) is 7.11. The van der Waals surface area contributed by atoms with Gasteiger partial charge in [-0.25, -0.2) is 13.2 Å². The van der Waals surface area contributed by atoms with Crippen molar-refractivity contribution in [2.45, 2.75) is 27.4 Å². The Kier molecular flexibility index (Phi) is 5.92. The smallest absolute Gasteiger partial charge is 0.310 e. The van der Waals surface area contributed by atoms with Crippen LogP contribution >= 0.6 is 47.8 Å². The van der Waals surface area contributed by atoms with Crippen LogP contribution in [0.4, 0.5) is 13.2 Å². The van der Waals surface area contributed by atoms with Gasteiger partial charge < -0.3 is 4.74 Å². The Labute approximate surface area is 163 Å². The highest BCUT2D eigenvalue weighted by Crippen LogP contribution is 2.60. The van der Waals surface area contributed by atoms with Gasteiger partial charge in [0.1, 0.15) is 12.4 Å². The summed E-state index contributed by atoms with van der Waals surface area (Å²) in [6.07, 6.45) is 1.84. The van der Waals surface area contributed by atoms with Crippen molar-refractivity contribution in [2.24, 2.45) is 17.3 Å². The van der Waals surface area contributed by atoms with E-state index in [2.05, 4.69) is 47.8 Å². The van der Waals surface area contributed by atoms with Gasteiger partial charge in [-0.1, -0.05) is 19.9 Å². The molecule has 0 N–H and O–H groups in total. The number of benzene rings is 1. The van der Waals surface area contributed by atoms with Crippen LogP contribution in [0.15, 0.2) is 13.9 Å². The third-order valence-corrected chi connectivity index (χ3v) is 5.76. The largest absolute Gasteiger partial charge is 0.460 e. The van der Waals surface area contributed by atoms with E-state index in [0.29, 0.717) is 0 Å². The number of allylic oxidation sites excluding steroid dienone is 1. The third kappa shape index (κ3) is 3.60. The first-order valence-corrected chi connectivity index (χ1v) is 9.38. The summed E-state index contributed by atoms with van der Waals surface area (Å²) in [5.74, 6) is -4.38. The lowest BCUT2D eigenvalue weighted by atomic mass is 10.1. The molecule has 0 saturated heterocycles. The molecule has 0 bridgehead atoms. The highest BCUT2D eigenvalue weighted by Gasteiger charge is 2.61. The molecule has 0 amide bonds. The average Bonchev–Trinajstić information content (AvgIpc) is 3.02. The van der Waals surface area contributed by atoms with Gasteiger partial charge in [0, 0.05) is 11.1 Å². The zero-order chi connectivity index (χ0) is 18.4. The van der Waals surface area contributed by atoms with Gasteiger partial charge in [0.25, 0.3) is 0 Å². The molecular weight excluding hydrogens is 521 g/mol. The van der Waals surface area contributed by atoms with E-state index in [-0.39, 0.29) is 21.4 Å². The molecule has 1 saturated carbocycles. The Morgan fingerprint density at radius 2 is 1.79 bits per heavy atom. The third-order valence-electron chi connectivity index (χ3n) is 4.40. The Morgan fingerprint density at radius 3 is 2.33 bits per heavy atom. The van der Waals surface area contributed by atoms with Crippen molar-refractivity contribution >= 4 is 53.8 Å². The predicted octanol–water partition coefficient (Wildman–Crippen LogP) is 6.12. The number of hydrogen-bond donors (Lipinski definition) is 0. The van der Waals surface area contributed by atoms with E-state index in [1.165, 1.54) is 0 Å². The van der Waals surface area contributed by atoms with Crippen LogP contribution in [-0.4, -0.2) is 5.97 Å².